The summed E-state index contributed by atoms with van der Waals surface area (Å²) in [5.41, 5.74) is 0. The predicted octanol–water partition coefficient (Wildman–Crippen LogP) is 2.44. The molecule has 1 aromatic carbocycles. The summed E-state index contributed by atoms with van der Waals surface area (Å²) in [5, 5.41) is 0. The topological polar surface area (TPSA) is 102 Å². The van der Waals surface area contributed by atoms with Crippen LogP contribution in [0.3, 0.4) is 0 Å². The summed E-state index contributed by atoms with van der Waals surface area (Å²) in [7, 11) is -3.73. The van der Waals surface area contributed by atoms with Crippen molar-refractivity contribution in [2.24, 2.45) is 5.92 Å². The van der Waals surface area contributed by atoms with Crippen LogP contribution in [0.15, 0.2) is 23.1 Å². The summed E-state index contributed by atoms with van der Waals surface area (Å²) in [5.74, 6) is -0.157. The highest BCUT2D eigenvalue weighted by Crippen LogP contribution is 2.33. The van der Waals surface area contributed by atoms with Crippen LogP contribution in [0.25, 0.3) is 0 Å². The second-order valence-corrected chi connectivity index (χ2v) is 10.9. The maximum absolute atomic E-state index is 13.1. The number of fused-ring (bicyclic) bond motifs is 1. The van der Waals surface area contributed by atoms with Crippen LogP contribution in [0, 0.1) is 5.92 Å². The van der Waals surface area contributed by atoms with Gasteiger partial charge in [-0.1, -0.05) is 0 Å². The van der Waals surface area contributed by atoms with Gasteiger partial charge in [0.25, 0.3) is 5.91 Å². The van der Waals surface area contributed by atoms with Gasteiger partial charge in [0, 0.05) is 37.7 Å². The zero-order chi connectivity index (χ0) is 24.2. The Labute approximate surface area is 196 Å². The van der Waals surface area contributed by atoms with E-state index in [-0.39, 0.29) is 42.6 Å². The highest BCUT2D eigenvalue weighted by molar-refractivity contribution is 7.89. The highest BCUT2D eigenvalue weighted by atomic mass is 32.2. The molecular weight excluding hydrogens is 448 g/mol. The normalized spacial score (nSPS) is 17.6. The molecule has 184 valence electrons. The van der Waals surface area contributed by atoms with E-state index in [2.05, 4.69) is 0 Å². The second kappa shape index (κ2) is 10.7. The molecule has 0 bridgehead atoms. The van der Waals surface area contributed by atoms with Gasteiger partial charge in [-0.3, -0.25) is 9.59 Å². The Morgan fingerprint density at radius 2 is 1.67 bits per heavy atom. The molecule has 1 saturated heterocycles. The molecule has 3 rings (SSSR count). The number of esters is 1. The molecule has 10 heteroatoms. The fraction of sp³-hybridized carbons (Fsp3) is 0.652. The Morgan fingerprint density at radius 3 is 2.27 bits per heavy atom. The van der Waals surface area contributed by atoms with E-state index in [0.29, 0.717) is 37.6 Å². The van der Waals surface area contributed by atoms with E-state index in [4.69, 9.17) is 14.2 Å². The molecule has 9 nitrogen and oxygen atoms in total. The van der Waals surface area contributed by atoms with Gasteiger partial charge in [-0.2, -0.15) is 4.31 Å². The molecular formula is C23H34N2O7S. The molecule has 0 saturated carbocycles. The van der Waals surface area contributed by atoms with Crippen molar-refractivity contribution in [2.75, 3.05) is 32.9 Å². The van der Waals surface area contributed by atoms with Crippen molar-refractivity contribution < 1.29 is 32.2 Å². The van der Waals surface area contributed by atoms with Crippen molar-refractivity contribution in [3.05, 3.63) is 18.2 Å². The Hall–Kier alpha value is -2.33. The Morgan fingerprint density at radius 1 is 1.06 bits per heavy atom. The van der Waals surface area contributed by atoms with Gasteiger partial charge >= 0.3 is 5.97 Å². The molecule has 0 spiro atoms. The van der Waals surface area contributed by atoms with Gasteiger partial charge < -0.3 is 19.1 Å². The van der Waals surface area contributed by atoms with E-state index in [0.717, 1.165) is 6.42 Å². The molecule has 0 N–H and O–H groups in total. The molecule has 1 aromatic rings. The van der Waals surface area contributed by atoms with E-state index in [9.17, 15) is 18.0 Å². The number of hydrogen-bond donors (Lipinski definition) is 0. The molecule has 0 radical (unpaired) electrons. The van der Waals surface area contributed by atoms with Crippen molar-refractivity contribution in [1.82, 2.24) is 9.21 Å². The van der Waals surface area contributed by atoms with E-state index < -0.39 is 21.9 Å². The monoisotopic (exact) mass is 482 g/mol. The number of rotatable bonds is 7. The van der Waals surface area contributed by atoms with Crippen LogP contribution in [0.2, 0.25) is 0 Å². The van der Waals surface area contributed by atoms with Gasteiger partial charge in [0.1, 0.15) is 0 Å². The van der Waals surface area contributed by atoms with Gasteiger partial charge in [0.15, 0.2) is 18.1 Å². The highest BCUT2D eigenvalue weighted by Gasteiger charge is 2.34. The molecule has 1 fully saturated rings. The third kappa shape index (κ3) is 5.97. The lowest BCUT2D eigenvalue weighted by Gasteiger charge is -2.32. The summed E-state index contributed by atoms with van der Waals surface area (Å²) in [6, 6.07) is 4.65. The summed E-state index contributed by atoms with van der Waals surface area (Å²) in [6.45, 7) is 8.77. The number of ether oxygens (including phenoxy) is 3. The maximum Gasteiger partial charge on any atom is 0.309 e. The number of amides is 1. The summed E-state index contributed by atoms with van der Waals surface area (Å²) in [6.07, 6.45) is 1.42. The van der Waals surface area contributed by atoms with E-state index in [1.165, 1.54) is 16.4 Å². The maximum atomic E-state index is 13.1. The minimum atomic E-state index is -3.73. The minimum Gasteiger partial charge on any atom is -0.490 e. The minimum absolute atomic E-state index is 0.00887. The van der Waals surface area contributed by atoms with Crippen LogP contribution in [0.4, 0.5) is 0 Å². The van der Waals surface area contributed by atoms with Crippen molar-refractivity contribution in [3.63, 3.8) is 0 Å². The zero-order valence-electron chi connectivity index (χ0n) is 19.8. The van der Waals surface area contributed by atoms with Gasteiger partial charge in [-0.05, 0) is 52.7 Å². The first-order valence-corrected chi connectivity index (χ1v) is 12.9. The van der Waals surface area contributed by atoms with Crippen molar-refractivity contribution >= 4 is 21.9 Å². The molecule has 2 aliphatic heterocycles. The van der Waals surface area contributed by atoms with Crippen molar-refractivity contribution in [1.29, 1.82) is 0 Å². The molecule has 0 atom stereocenters. The summed E-state index contributed by atoms with van der Waals surface area (Å²) in [4.78, 5) is 26.7. The van der Waals surface area contributed by atoms with Gasteiger partial charge in [-0.25, -0.2) is 8.42 Å². The molecule has 33 heavy (non-hydrogen) atoms. The number of piperidine rings is 1. The molecule has 0 aromatic heterocycles. The number of sulfonamides is 1. The molecule has 0 unspecified atom stereocenters. The van der Waals surface area contributed by atoms with Crippen LogP contribution in [0.1, 0.15) is 47.0 Å². The van der Waals surface area contributed by atoms with E-state index in [1.54, 1.807) is 11.0 Å². The number of carbonyl (C=O) groups excluding carboxylic acids is 2. The number of nitrogens with zero attached hydrogens (tertiary/aromatic N) is 2. The van der Waals surface area contributed by atoms with Gasteiger partial charge in [-0.15, -0.1) is 0 Å². The fourth-order valence-electron chi connectivity index (χ4n) is 4.28. The molecule has 0 aliphatic carbocycles. The average Bonchev–Trinajstić information content (AvgIpc) is 3.02. The van der Waals surface area contributed by atoms with Crippen LogP contribution in [-0.2, 0) is 24.3 Å². The number of benzene rings is 1. The molecule has 1 amide bonds. The quantitative estimate of drug-likeness (QED) is 0.550. The van der Waals surface area contributed by atoms with Crippen molar-refractivity contribution in [3.8, 4) is 11.5 Å². The lowest BCUT2D eigenvalue weighted by atomic mass is 9.98. The average molecular weight is 483 g/mol. The fourth-order valence-corrected chi connectivity index (χ4v) is 5.77. The number of carbonyl (C=O) groups is 2. The molecule has 2 heterocycles. The largest absolute Gasteiger partial charge is 0.490 e. The van der Waals surface area contributed by atoms with E-state index in [1.807, 2.05) is 27.7 Å². The Kier molecular flexibility index (Phi) is 8.23. The smallest absolute Gasteiger partial charge is 0.309 e. The van der Waals surface area contributed by atoms with Gasteiger partial charge in [0.2, 0.25) is 10.0 Å². The summed E-state index contributed by atoms with van der Waals surface area (Å²) >= 11 is 0. The van der Waals surface area contributed by atoms with Crippen LogP contribution >= 0.6 is 0 Å². The third-order valence-electron chi connectivity index (χ3n) is 5.88. The second-order valence-electron chi connectivity index (χ2n) is 8.93. The molecule has 2 aliphatic rings. The summed E-state index contributed by atoms with van der Waals surface area (Å²) < 4.78 is 44.1. The SMILES string of the molecule is CC(C)N(C(=O)COC(=O)C1CCN(S(=O)(=O)c2ccc3c(c2)OCCCO3)CC1)C(C)C. The number of hydrogen-bond acceptors (Lipinski definition) is 7. The third-order valence-corrected chi connectivity index (χ3v) is 7.78. The standard InChI is InChI=1S/C23H34N2O7S/c1-16(2)25(17(3)4)22(26)15-32-23(27)18-8-10-24(11-9-18)33(28,29)19-6-7-20-21(14-19)31-13-5-12-30-20/h6-7,14,16-18H,5,8-13,15H2,1-4H3. The van der Waals surface area contributed by atoms with Crippen LogP contribution < -0.4 is 9.47 Å². The Bertz CT molecular complexity index is 946. The Balaban J connectivity index is 1.56. The van der Waals surface area contributed by atoms with Crippen LogP contribution in [0.5, 0.6) is 11.5 Å². The van der Waals surface area contributed by atoms with Crippen molar-refractivity contribution in [2.45, 2.75) is 63.9 Å². The predicted molar refractivity (Wildman–Crippen MR) is 122 cm³/mol. The van der Waals surface area contributed by atoms with E-state index >= 15 is 0 Å². The lowest BCUT2D eigenvalue weighted by Crippen LogP contribution is -2.45. The first-order chi connectivity index (χ1) is 15.6. The first-order valence-electron chi connectivity index (χ1n) is 11.5. The lowest BCUT2D eigenvalue weighted by molar-refractivity contribution is -0.157. The van der Waals surface area contributed by atoms with Crippen LogP contribution in [-0.4, -0.2) is 74.5 Å². The first kappa shape index (κ1) is 25.3. The zero-order valence-corrected chi connectivity index (χ0v) is 20.6. The van der Waals surface area contributed by atoms with Gasteiger partial charge in [0.05, 0.1) is 24.0 Å².